The van der Waals surface area contributed by atoms with E-state index in [1.165, 1.54) is 0 Å². The van der Waals surface area contributed by atoms with Crippen LogP contribution in [0.25, 0.3) is 50.4 Å². The van der Waals surface area contributed by atoms with Gasteiger partial charge in [-0.25, -0.2) is 9.97 Å². The number of nitrogens with one attached hydrogen (secondary N) is 1. The van der Waals surface area contributed by atoms with Crippen molar-refractivity contribution in [2.75, 3.05) is 25.6 Å². The molecule has 1 aliphatic heterocycles. The summed E-state index contributed by atoms with van der Waals surface area (Å²) in [5.74, 6) is 3.21. The van der Waals surface area contributed by atoms with E-state index < -0.39 is 0 Å². The van der Waals surface area contributed by atoms with Crippen LogP contribution < -0.4 is 9.64 Å². The van der Waals surface area contributed by atoms with Crippen LogP contribution in [-0.2, 0) is 7.05 Å². The van der Waals surface area contributed by atoms with Crippen molar-refractivity contribution in [1.82, 2.24) is 24.7 Å². The first-order chi connectivity index (χ1) is 16.8. The molecule has 0 saturated carbocycles. The summed E-state index contributed by atoms with van der Waals surface area (Å²) < 4.78 is 13.4. The second-order valence-corrected chi connectivity index (χ2v) is 9.54. The molecule has 0 saturated heterocycles. The normalized spacial score (nSPS) is 13.6. The van der Waals surface area contributed by atoms with E-state index in [0.29, 0.717) is 12.4 Å². The number of aromatic nitrogens is 5. The van der Waals surface area contributed by atoms with Gasteiger partial charge in [0, 0.05) is 47.4 Å². The monoisotopic (exact) mass is 488 g/mol. The number of aromatic amines is 1. The van der Waals surface area contributed by atoms with E-state index in [0.717, 1.165) is 77.9 Å². The Morgan fingerprint density at radius 2 is 1.91 bits per heavy atom. The van der Waals surface area contributed by atoms with Gasteiger partial charge >= 0.3 is 0 Å². The number of aryl methyl sites for hydroxylation is 4. The molecule has 178 valence electrons. The molecule has 0 aliphatic carbocycles. The zero-order chi connectivity index (χ0) is 24.6. The molecule has 35 heavy (non-hydrogen) atoms. The lowest BCUT2D eigenvalue weighted by Gasteiger charge is -2.22. The van der Waals surface area contributed by atoms with Gasteiger partial charge in [0.1, 0.15) is 28.8 Å². The van der Waals surface area contributed by atoms with E-state index in [1.807, 2.05) is 47.1 Å². The third-order valence-corrected chi connectivity index (χ3v) is 7.02. The van der Waals surface area contributed by atoms with E-state index in [2.05, 4.69) is 31.7 Å². The lowest BCUT2D eigenvalue weighted by molar-refractivity contribution is 0.393. The van der Waals surface area contributed by atoms with Gasteiger partial charge in [-0.05, 0) is 39.0 Å². The minimum Gasteiger partial charge on any atom is -0.496 e. The number of benzene rings is 1. The molecule has 0 radical (unpaired) electrons. The maximum absolute atomic E-state index is 6.47. The molecular weight excluding hydrogens is 464 g/mol. The first kappa shape index (κ1) is 21.7. The maximum Gasteiger partial charge on any atom is 0.145 e. The van der Waals surface area contributed by atoms with Crippen molar-refractivity contribution in [1.29, 1.82) is 0 Å². The molecule has 0 bridgehead atoms. The number of rotatable bonds is 3. The van der Waals surface area contributed by atoms with Gasteiger partial charge in [-0.15, -0.1) is 0 Å². The summed E-state index contributed by atoms with van der Waals surface area (Å²) in [5.41, 5.74) is 7.45. The number of H-pyrrole nitrogens is 1. The number of ether oxygens (including phenoxy) is 1. The Bertz CT molecular complexity index is 1670. The molecule has 6 rings (SSSR count). The third-order valence-electron chi connectivity index (χ3n) is 6.80. The number of halogens is 1. The van der Waals surface area contributed by atoms with Crippen LogP contribution in [0.2, 0.25) is 0 Å². The van der Waals surface area contributed by atoms with Crippen LogP contribution in [0, 0.1) is 20.8 Å². The molecular formula is C26H25ClN6O2. The maximum atomic E-state index is 6.47. The van der Waals surface area contributed by atoms with Gasteiger partial charge in [-0.1, -0.05) is 16.8 Å². The minimum atomic E-state index is 0.669. The van der Waals surface area contributed by atoms with Crippen LogP contribution in [-0.4, -0.2) is 45.4 Å². The van der Waals surface area contributed by atoms with Crippen molar-refractivity contribution >= 4 is 45.4 Å². The van der Waals surface area contributed by atoms with E-state index in [1.54, 1.807) is 7.11 Å². The average molecular weight is 489 g/mol. The Labute approximate surface area is 207 Å². The highest BCUT2D eigenvalue weighted by Gasteiger charge is 2.26. The smallest absolute Gasteiger partial charge is 0.145 e. The number of methoxy groups -OCH3 is 1. The predicted octanol–water partition coefficient (Wildman–Crippen LogP) is 5.73. The second kappa shape index (κ2) is 7.61. The van der Waals surface area contributed by atoms with Crippen LogP contribution in [0.1, 0.15) is 22.8 Å². The van der Waals surface area contributed by atoms with Crippen LogP contribution >= 0.6 is 11.6 Å². The number of likely N-dealkylation sites (N-methyl/N-ethyl adjacent to an activating group) is 1. The van der Waals surface area contributed by atoms with Gasteiger partial charge in [0.15, 0.2) is 0 Å². The first-order valence-electron chi connectivity index (χ1n) is 11.4. The fraction of sp³-hybridized carbons (Fsp3) is 0.269. The van der Waals surface area contributed by atoms with Crippen molar-refractivity contribution in [3.8, 4) is 28.1 Å². The summed E-state index contributed by atoms with van der Waals surface area (Å²) in [6, 6.07) is 4.19. The molecule has 0 unspecified atom stereocenters. The molecule has 0 fully saturated rings. The number of anilines is 1. The largest absolute Gasteiger partial charge is 0.496 e. The van der Waals surface area contributed by atoms with E-state index in [-0.39, 0.29) is 0 Å². The van der Waals surface area contributed by atoms with Gasteiger partial charge in [0.2, 0.25) is 0 Å². The fourth-order valence-corrected chi connectivity index (χ4v) is 5.51. The first-order valence-corrected chi connectivity index (χ1v) is 11.7. The van der Waals surface area contributed by atoms with Gasteiger partial charge in [-0.3, -0.25) is 0 Å². The van der Waals surface area contributed by atoms with Crippen molar-refractivity contribution in [3.05, 3.63) is 46.2 Å². The topological polar surface area (TPSA) is 85.0 Å². The van der Waals surface area contributed by atoms with Crippen LogP contribution in [0.3, 0.4) is 0 Å². The van der Waals surface area contributed by atoms with Crippen LogP contribution in [0.15, 0.2) is 27.9 Å². The van der Waals surface area contributed by atoms with Crippen LogP contribution in [0.5, 0.6) is 5.75 Å². The SMILES string of the molecule is COc1cc2c3c(-c4c[nH]c5c4C=C(Cl)CN5C)nc(C)nc3n(C)c2cc1-c1c(C)noc1C. The average Bonchev–Trinajstić information content (AvgIpc) is 3.47. The van der Waals surface area contributed by atoms with Crippen molar-refractivity contribution in [2.24, 2.45) is 7.05 Å². The van der Waals surface area contributed by atoms with E-state index in [9.17, 15) is 0 Å². The lowest BCUT2D eigenvalue weighted by atomic mass is 9.99. The molecule has 0 amide bonds. The zero-order valence-corrected chi connectivity index (χ0v) is 21.2. The molecule has 1 N–H and O–H groups in total. The summed E-state index contributed by atoms with van der Waals surface area (Å²) in [7, 11) is 5.73. The van der Waals surface area contributed by atoms with Gasteiger partial charge in [0.25, 0.3) is 0 Å². The number of hydrogen-bond acceptors (Lipinski definition) is 6. The summed E-state index contributed by atoms with van der Waals surface area (Å²) >= 11 is 6.47. The molecule has 0 atom stereocenters. The quantitative estimate of drug-likeness (QED) is 0.349. The van der Waals surface area contributed by atoms with Crippen LogP contribution in [0.4, 0.5) is 5.82 Å². The van der Waals surface area contributed by atoms with Crippen molar-refractivity contribution < 1.29 is 9.26 Å². The summed E-state index contributed by atoms with van der Waals surface area (Å²) in [6.45, 7) is 6.44. The summed E-state index contributed by atoms with van der Waals surface area (Å²) in [6.07, 6.45) is 4.02. The Kier molecular flexibility index (Phi) is 4.73. The summed E-state index contributed by atoms with van der Waals surface area (Å²) in [4.78, 5) is 15.3. The number of nitrogens with zero attached hydrogens (tertiary/aromatic N) is 5. The van der Waals surface area contributed by atoms with E-state index >= 15 is 0 Å². The molecule has 0 spiro atoms. The Hall–Kier alpha value is -3.78. The molecule has 5 aromatic rings. The second-order valence-electron chi connectivity index (χ2n) is 9.06. The highest BCUT2D eigenvalue weighted by molar-refractivity contribution is 6.32. The molecule has 1 aliphatic rings. The molecule has 9 heteroatoms. The van der Waals surface area contributed by atoms with Crippen molar-refractivity contribution in [3.63, 3.8) is 0 Å². The fourth-order valence-electron chi connectivity index (χ4n) is 5.22. The van der Waals surface area contributed by atoms with Crippen molar-refractivity contribution in [2.45, 2.75) is 20.8 Å². The lowest BCUT2D eigenvalue weighted by Crippen LogP contribution is -2.22. The number of hydrogen-bond donors (Lipinski definition) is 1. The van der Waals surface area contributed by atoms with E-state index in [4.69, 9.17) is 30.8 Å². The summed E-state index contributed by atoms with van der Waals surface area (Å²) in [5, 5.41) is 6.91. The Morgan fingerprint density at radius 3 is 2.63 bits per heavy atom. The highest BCUT2D eigenvalue weighted by atomic mass is 35.5. The molecule has 4 aromatic heterocycles. The molecule has 8 nitrogen and oxygen atoms in total. The minimum absolute atomic E-state index is 0.669. The number of fused-ring (bicyclic) bond motifs is 4. The van der Waals surface area contributed by atoms with Gasteiger partial charge < -0.3 is 23.7 Å². The van der Waals surface area contributed by atoms with Gasteiger partial charge in [0.05, 0.1) is 41.5 Å². The Morgan fingerprint density at radius 1 is 1.11 bits per heavy atom. The molecule has 1 aromatic carbocycles. The standard InChI is InChI=1S/C26H25ClN6O2/c1-12-22(13(2)35-31-12)18-8-20-17(9-21(18)34-6)23-24(29-14(3)30-26(23)33(20)5)19-10-28-25-16(19)7-15(27)11-32(25)4/h7-10,28H,11H2,1-6H3. The Balaban J connectivity index is 1.71. The van der Waals surface area contributed by atoms with Gasteiger partial charge in [-0.2, -0.15) is 0 Å². The third kappa shape index (κ3) is 3.09. The predicted molar refractivity (Wildman–Crippen MR) is 139 cm³/mol. The zero-order valence-electron chi connectivity index (χ0n) is 20.4. The highest BCUT2D eigenvalue weighted by Crippen LogP contribution is 2.44. The molecule has 5 heterocycles.